The van der Waals surface area contributed by atoms with E-state index >= 15 is 0 Å². The summed E-state index contributed by atoms with van der Waals surface area (Å²) in [5, 5.41) is 1.93. The zero-order valence-electron chi connectivity index (χ0n) is 17.5. The third-order valence-corrected chi connectivity index (χ3v) is 8.65. The Bertz CT molecular complexity index is 1200. The van der Waals surface area contributed by atoms with E-state index in [1.54, 1.807) is 11.4 Å². The third-order valence-electron chi connectivity index (χ3n) is 5.49. The monoisotopic (exact) mass is 480 g/mol. The van der Waals surface area contributed by atoms with Gasteiger partial charge in [0.2, 0.25) is 0 Å². The average Bonchev–Trinajstić information content (AvgIpc) is 3.28. The first-order valence-electron chi connectivity index (χ1n) is 9.94. The second-order valence-electron chi connectivity index (χ2n) is 7.42. The van der Waals surface area contributed by atoms with Crippen molar-refractivity contribution in [1.29, 1.82) is 0 Å². The fraction of sp³-hybridized carbons (Fsp3) is 0.318. The summed E-state index contributed by atoms with van der Waals surface area (Å²) in [5.41, 5.74) is 0.861. The fourth-order valence-electron chi connectivity index (χ4n) is 3.79. The Morgan fingerprint density at radius 1 is 1.00 bits per heavy atom. The van der Waals surface area contributed by atoms with Gasteiger partial charge in [-0.05, 0) is 37.1 Å². The molecule has 1 aromatic heterocycles. The molecule has 0 atom stereocenters. The lowest BCUT2D eigenvalue weighted by Crippen LogP contribution is -2.39. The molecule has 32 heavy (non-hydrogen) atoms. The van der Waals surface area contributed by atoms with Crippen molar-refractivity contribution in [2.24, 2.45) is 0 Å². The van der Waals surface area contributed by atoms with Crippen molar-refractivity contribution in [3.63, 3.8) is 0 Å². The molecule has 0 radical (unpaired) electrons. The number of aromatic nitrogens is 1. The number of benzene rings is 2. The van der Waals surface area contributed by atoms with Gasteiger partial charge in [0.1, 0.15) is 11.6 Å². The van der Waals surface area contributed by atoms with E-state index in [1.807, 2.05) is 4.90 Å². The highest BCUT2D eigenvalue weighted by atomic mass is 32.2. The summed E-state index contributed by atoms with van der Waals surface area (Å²) < 4.78 is 63.8. The van der Waals surface area contributed by atoms with Gasteiger partial charge in [-0.25, -0.2) is 22.2 Å². The number of hydrogen-bond donors (Lipinski definition) is 0. The molecule has 2 heterocycles. The molecular weight excluding hydrogens is 458 g/mol. The van der Waals surface area contributed by atoms with Gasteiger partial charge >= 0.3 is 0 Å². The number of sulfone groups is 1. The second-order valence-corrected chi connectivity index (χ2v) is 10.5. The summed E-state index contributed by atoms with van der Waals surface area (Å²) in [4.78, 5) is 6.72. The fourth-order valence-corrected chi connectivity index (χ4v) is 6.42. The van der Waals surface area contributed by atoms with E-state index in [1.165, 1.54) is 49.8 Å². The first kappa shape index (κ1) is 22.5. The molecule has 0 saturated carbocycles. The topological polar surface area (TPSA) is 68.7 Å². The van der Waals surface area contributed by atoms with Gasteiger partial charge in [-0.3, -0.25) is 0 Å². The van der Waals surface area contributed by atoms with Gasteiger partial charge in [0, 0.05) is 36.2 Å². The zero-order valence-corrected chi connectivity index (χ0v) is 19.2. The lowest BCUT2D eigenvalue weighted by Gasteiger charge is -2.31. The number of ether oxygens (including phenoxy) is 2. The Labute approximate surface area is 189 Å². The quantitative estimate of drug-likeness (QED) is 0.516. The molecule has 0 amide bonds. The molecule has 0 N–H and O–H groups in total. The Morgan fingerprint density at radius 2 is 1.66 bits per heavy atom. The van der Waals surface area contributed by atoms with Gasteiger partial charge in [-0.1, -0.05) is 0 Å². The summed E-state index contributed by atoms with van der Waals surface area (Å²) in [5.74, 6) is -0.472. The molecule has 1 fully saturated rings. The minimum absolute atomic E-state index is 0.207. The number of thiazole rings is 1. The zero-order chi connectivity index (χ0) is 22.9. The van der Waals surface area contributed by atoms with Crippen LogP contribution in [0, 0.1) is 11.6 Å². The smallest absolute Gasteiger partial charge is 0.185 e. The summed E-state index contributed by atoms with van der Waals surface area (Å²) in [6, 6.07) is 7.92. The number of hydrogen-bond acceptors (Lipinski definition) is 7. The molecule has 0 bridgehead atoms. The van der Waals surface area contributed by atoms with Gasteiger partial charge in [-0.15, -0.1) is 11.3 Å². The predicted molar refractivity (Wildman–Crippen MR) is 119 cm³/mol. The van der Waals surface area contributed by atoms with Crippen molar-refractivity contribution in [3.8, 4) is 22.8 Å². The minimum Gasteiger partial charge on any atom is -0.493 e. The molecule has 1 aliphatic heterocycles. The normalized spacial score (nSPS) is 15.1. The summed E-state index contributed by atoms with van der Waals surface area (Å²) in [6.45, 7) is 1.03. The molecule has 3 aromatic rings. The molecule has 0 spiro atoms. The number of nitrogens with zero attached hydrogens (tertiary/aromatic N) is 2. The number of rotatable bonds is 6. The maximum absolute atomic E-state index is 13.5. The number of piperidine rings is 1. The maximum atomic E-state index is 13.5. The lowest BCUT2D eigenvalue weighted by atomic mass is 10.1. The Balaban J connectivity index is 1.47. The average molecular weight is 481 g/mol. The van der Waals surface area contributed by atoms with E-state index < -0.39 is 26.7 Å². The molecule has 2 aromatic carbocycles. The maximum Gasteiger partial charge on any atom is 0.185 e. The molecule has 170 valence electrons. The minimum atomic E-state index is -3.54. The molecular formula is C22H22F2N2O4S2. The van der Waals surface area contributed by atoms with Gasteiger partial charge in [0.05, 0.1) is 30.1 Å². The molecule has 4 rings (SSSR count). The van der Waals surface area contributed by atoms with Crippen LogP contribution in [0.5, 0.6) is 11.5 Å². The summed E-state index contributed by atoms with van der Waals surface area (Å²) in [6.07, 6.45) is 0.889. The molecule has 1 aliphatic rings. The van der Waals surface area contributed by atoms with Gasteiger partial charge in [0.25, 0.3) is 0 Å². The Kier molecular flexibility index (Phi) is 6.34. The van der Waals surface area contributed by atoms with Crippen molar-refractivity contribution < 1.29 is 26.7 Å². The summed E-state index contributed by atoms with van der Waals surface area (Å²) >= 11 is 1.37. The van der Waals surface area contributed by atoms with Crippen LogP contribution in [0.1, 0.15) is 12.8 Å². The van der Waals surface area contributed by atoms with Crippen LogP contribution in [0.2, 0.25) is 0 Å². The molecule has 0 unspecified atom stereocenters. The highest BCUT2D eigenvalue weighted by Crippen LogP contribution is 2.35. The van der Waals surface area contributed by atoms with E-state index in [4.69, 9.17) is 9.47 Å². The van der Waals surface area contributed by atoms with E-state index in [2.05, 4.69) is 4.98 Å². The van der Waals surface area contributed by atoms with E-state index in [0.717, 1.165) is 6.07 Å². The number of anilines is 1. The van der Waals surface area contributed by atoms with Gasteiger partial charge < -0.3 is 14.4 Å². The van der Waals surface area contributed by atoms with E-state index in [0.29, 0.717) is 53.8 Å². The van der Waals surface area contributed by atoms with Gasteiger partial charge in [-0.2, -0.15) is 0 Å². The van der Waals surface area contributed by atoms with Crippen LogP contribution in [0.25, 0.3) is 11.3 Å². The summed E-state index contributed by atoms with van der Waals surface area (Å²) in [7, 11) is -0.573. The van der Waals surface area contributed by atoms with Crippen LogP contribution >= 0.6 is 11.3 Å². The first-order valence-corrected chi connectivity index (χ1v) is 12.4. The highest BCUT2D eigenvalue weighted by Gasteiger charge is 2.32. The van der Waals surface area contributed by atoms with Crippen molar-refractivity contribution in [1.82, 2.24) is 4.98 Å². The molecule has 6 nitrogen and oxygen atoms in total. The van der Waals surface area contributed by atoms with Crippen LogP contribution < -0.4 is 14.4 Å². The van der Waals surface area contributed by atoms with Crippen molar-refractivity contribution in [3.05, 3.63) is 53.4 Å². The molecule has 10 heteroatoms. The highest BCUT2D eigenvalue weighted by molar-refractivity contribution is 7.92. The van der Waals surface area contributed by atoms with Gasteiger partial charge in [0.15, 0.2) is 26.5 Å². The molecule has 1 saturated heterocycles. The molecule has 0 aliphatic carbocycles. The van der Waals surface area contributed by atoms with Crippen LogP contribution in [0.4, 0.5) is 13.9 Å². The Hall–Kier alpha value is -2.72. The standard InChI is InChI=1S/C22H22F2N2O4S2/c1-29-20-4-3-18(12-21(20)30-2)32(27,28)17-5-7-26(8-6-17)22-25-19(13-31-22)14-9-15(23)11-16(24)10-14/h3-4,9-13,17H,5-8H2,1-2H3. The SMILES string of the molecule is COc1ccc(S(=O)(=O)C2CCN(c3nc(-c4cc(F)cc(F)c4)cs3)CC2)cc1OC. The van der Waals surface area contributed by atoms with E-state index in [-0.39, 0.29) is 4.90 Å². The number of methoxy groups -OCH3 is 2. The van der Waals surface area contributed by atoms with Crippen LogP contribution in [0.15, 0.2) is 46.7 Å². The van der Waals surface area contributed by atoms with Crippen molar-refractivity contribution in [2.75, 3.05) is 32.2 Å². The van der Waals surface area contributed by atoms with Crippen LogP contribution in [0.3, 0.4) is 0 Å². The Morgan fingerprint density at radius 3 is 2.28 bits per heavy atom. The van der Waals surface area contributed by atoms with Crippen molar-refractivity contribution >= 4 is 26.3 Å². The first-order chi connectivity index (χ1) is 15.3. The van der Waals surface area contributed by atoms with E-state index in [9.17, 15) is 17.2 Å². The third kappa shape index (κ3) is 4.42. The van der Waals surface area contributed by atoms with Crippen LogP contribution in [-0.4, -0.2) is 46.0 Å². The largest absolute Gasteiger partial charge is 0.493 e. The van der Waals surface area contributed by atoms with Crippen molar-refractivity contribution in [2.45, 2.75) is 23.0 Å². The lowest BCUT2D eigenvalue weighted by molar-refractivity contribution is 0.354. The second kappa shape index (κ2) is 9.03. The van der Waals surface area contributed by atoms with Crippen LogP contribution in [-0.2, 0) is 9.84 Å². The number of halogens is 2. The predicted octanol–water partition coefficient (Wildman–Crippen LogP) is 4.55.